The van der Waals surface area contributed by atoms with Crippen LogP contribution in [-0.4, -0.2) is 36.3 Å². The normalized spacial score (nSPS) is 14.4. The van der Waals surface area contributed by atoms with Crippen molar-refractivity contribution in [2.24, 2.45) is 0 Å². The zero-order valence-corrected chi connectivity index (χ0v) is 9.90. The molecule has 0 saturated carbocycles. The number of amides is 2. The smallest absolute Gasteiger partial charge is 0.254 e. The largest absolute Gasteiger partial charge is 0.355 e. The van der Waals surface area contributed by atoms with Crippen LogP contribution in [0.15, 0.2) is 24.3 Å². The average molecular weight is 232 g/mol. The maximum absolute atomic E-state index is 12.1. The molecule has 0 saturated heterocycles. The van der Waals surface area contributed by atoms with Gasteiger partial charge in [0.1, 0.15) is 0 Å². The molecule has 1 heterocycles. The van der Waals surface area contributed by atoms with Crippen molar-refractivity contribution in [2.75, 3.05) is 19.6 Å². The van der Waals surface area contributed by atoms with Crippen molar-refractivity contribution in [1.82, 2.24) is 10.2 Å². The maximum atomic E-state index is 12.1. The standard InChI is InChI=1S/C13H16N2O2/c1-2-14-12(16)9-15-8-7-10-5-3-4-6-11(10)13(15)17/h3-6H,2,7-9H2,1H3,(H,14,16). The number of hydrogen-bond acceptors (Lipinski definition) is 2. The van der Waals surface area contributed by atoms with Gasteiger partial charge in [0, 0.05) is 18.7 Å². The minimum Gasteiger partial charge on any atom is -0.355 e. The van der Waals surface area contributed by atoms with Crippen LogP contribution in [0.2, 0.25) is 0 Å². The predicted molar refractivity (Wildman–Crippen MR) is 64.7 cm³/mol. The van der Waals surface area contributed by atoms with Gasteiger partial charge in [0.25, 0.3) is 5.91 Å². The lowest BCUT2D eigenvalue weighted by Gasteiger charge is -2.27. The first kappa shape index (κ1) is 11.6. The van der Waals surface area contributed by atoms with E-state index >= 15 is 0 Å². The van der Waals surface area contributed by atoms with Gasteiger partial charge in [0.15, 0.2) is 0 Å². The summed E-state index contributed by atoms with van der Waals surface area (Å²) in [5, 5.41) is 2.70. The predicted octanol–water partition coefficient (Wildman–Crippen LogP) is 0.821. The van der Waals surface area contributed by atoms with Crippen molar-refractivity contribution in [2.45, 2.75) is 13.3 Å². The van der Waals surface area contributed by atoms with Crippen molar-refractivity contribution in [3.05, 3.63) is 35.4 Å². The highest BCUT2D eigenvalue weighted by atomic mass is 16.2. The number of rotatable bonds is 3. The molecule has 0 radical (unpaired) electrons. The highest BCUT2D eigenvalue weighted by Gasteiger charge is 2.24. The Morgan fingerprint density at radius 3 is 2.94 bits per heavy atom. The second-order valence-corrected chi connectivity index (χ2v) is 4.09. The van der Waals surface area contributed by atoms with Crippen LogP contribution < -0.4 is 5.32 Å². The van der Waals surface area contributed by atoms with Crippen LogP contribution in [0.4, 0.5) is 0 Å². The van der Waals surface area contributed by atoms with Gasteiger partial charge in [-0.05, 0) is 25.0 Å². The van der Waals surface area contributed by atoms with Crippen molar-refractivity contribution in [3.63, 3.8) is 0 Å². The van der Waals surface area contributed by atoms with E-state index in [0.29, 0.717) is 13.1 Å². The molecule has 1 N–H and O–H groups in total. The van der Waals surface area contributed by atoms with Gasteiger partial charge in [-0.25, -0.2) is 0 Å². The molecule has 1 aliphatic rings. The third kappa shape index (κ3) is 2.46. The lowest BCUT2D eigenvalue weighted by atomic mass is 9.99. The Kier molecular flexibility index (Phi) is 3.42. The van der Waals surface area contributed by atoms with E-state index in [1.54, 1.807) is 4.90 Å². The fraction of sp³-hybridized carbons (Fsp3) is 0.385. The Balaban J connectivity index is 2.10. The third-order valence-electron chi connectivity index (χ3n) is 2.89. The molecule has 2 rings (SSSR count). The van der Waals surface area contributed by atoms with Crippen LogP contribution in [0.1, 0.15) is 22.8 Å². The molecule has 0 spiro atoms. The van der Waals surface area contributed by atoms with E-state index in [9.17, 15) is 9.59 Å². The molecular weight excluding hydrogens is 216 g/mol. The van der Waals surface area contributed by atoms with Crippen LogP contribution in [0.5, 0.6) is 0 Å². The number of carbonyl (C=O) groups excluding carboxylic acids is 2. The summed E-state index contributed by atoms with van der Waals surface area (Å²) in [6, 6.07) is 7.58. The van der Waals surface area contributed by atoms with E-state index in [1.165, 1.54) is 0 Å². The molecule has 0 bridgehead atoms. The van der Waals surface area contributed by atoms with E-state index in [1.807, 2.05) is 31.2 Å². The molecule has 90 valence electrons. The van der Waals surface area contributed by atoms with Gasteiger partial charge < -0.3 is 10.2 Å². The fourth-order valence-corrected chi connectivity index (χ4v) is 2.05. The van der Waals surface area contributed by atoms with Gasteiger partial charge in [-0.2, -0.15) is 0 Å². The second-order valence-electron chi connectivity index (χ2n) is 4.09. The van der Waals surface area contributed by atoms with Crippen molar-refractivity contribution >= 4 is 11.8 Å². The molecule has 4 heteroatoms. The molecule has 1 aliphatic heterocycles. The molecule has 1 aromatic rings. The van der Waals surface area contributed by atoms with E-state index in [4.69, 9.17) is 0 Å². The number of nitrogens with one attached hydrogen (secondary N) is 1. The first-order valence-corrected chi connectivity index (χ1v) is 5.86. The van der Waals surface area contributed by atoms with E-state index in [2.05, 4.69) is 5.32 Å². The highest BCUT2D eigenvalue weighted by molar-refractivity contribution is 5.98. The molecule has 0 atom stereocenters. The second kappa shape index (κ2) is 4.99. The molecular formula is C13H16N2O2. The lowest BCUT2D eigenvalue weighted by Crippen LogP contribution is -2.44. The van der Waals surface area contributed by atoms with Crippen molar-refractivity contribution < 1.29 is 9.59 Å². The first-order chi connectivity index (χ1) is 8.22. The summed E-state index contributed by atoms with van der Waals surface area (Å²) in [5.41, 5.74) is 1.80. The zero-order chi connectivity index (χ0) is 12.3. The topological polar surface area (TPSA) is 49.4 Å². The number of likely N-dealkylation sites (N-methyl/N-ethyl adjacent to an activating group) is 1. The molecule has 0 fully saturated rings. The monoisotopic (exact) mass is 232 g/mol. The molecule has 17 heavy (non-hydrogen) atoms. The van der Waals surface area contributed by atoms with E-state index < -0.39 is 0 Å². The molecule has 1 aromatic carbocycles. The summed E-state index contributed by atoms with van der Waals surface area (Å²) in [5.74, 6) is -0.140. The molecule has 0 aromatic heterocycles. The van der Waals surface area contributed by atoms with Crippen LogP contribution in [0, 0.1) is 0 Å². The molecule has 4 nitrogen and oxygen atoms in total. The number of hydrogen-bond donors (Lipinski definition) is 1. The Hall–Kier alpha value is -1.84. The highest BCUT2D eigenvalue weighted by Crippen LogP contribution is 2.17. The van der Waals surface area contributed by atoms with Gasteiger partial charge in [0.2, 0.25) is 5.91 Å². The zero-order valence-electron chi connectivity index (χ0n) is 9.90. The summed E-state index contributed by atoms with van der Waals surface area (Å²) in [4.78, 5) is 25.2. The Morgan fingerprint density at radius 1 is 1.41 bits per heavy atom. The summed E-state index contributed by atoms with van der Waals surface area (Å²) >= 11 is 0. The van der Waals surface area contributed by atoms with Gasteiger partial charge in [-0.3, -0.25) is 9.59 Å². The van der Waals surface area contributed by atoms with E-state index in [-0.39, 0.29) is 18.4 Å². The van der Waals surface area contributed by atoms with Crippen LogP contribution in [0.25, 0.3) is 0 Å². The van der Waals surface area contributed by atoms with Crippen molar-refractivity contribution in [1.29, 1.82) is 0 Å². The van der Waals surface area contributed by atoms with Gasteiger partial charge in [0.05, 0.1) is 6.54 Å². The van der Waals surface area contributed by atoms with Crippen LogP contribution in [0.3, 0.4) is 0 Å². The van der Waals surface area contributed by atoms with Gasteiger partial charge in [-0.15, -0.1) is 0 Å². The Bertz CT molecular complexity index is 443. The first-order valence-electron chi connectivity index (χ1n) is 5.86. The quantitative estimate of drug-likeness (QED) is 0.838. The minimum absolute atomic E-state index is 0.0434. The minimum atomic E-state index is -0.0970. The fourth-order valence-electron chi connectivity index (χ4n) is 2.05. The summed E-state index contributed by atoms with van der Waals surface area (Å²) in [6.45, 7) is 3.23. The Morgan fingerprint density at radius 2 is 2.18 bits per heavy atom. The SMILES string of the molecule is CCNC(=O)CN1CCc2ccccc2C1=O. The third-order valence-corrected chi connectivity index (χ3v) is 2.89. The maximum Gasteiger partial charge on any atom is 0.254 e. The van der Waals surface area contributed by atoms with Crippen LogP contribution >= 0.6 is 0 Å². The molecule has 0 unspecified atom stereocenters. The number of nitrogens with zero attached hydrogens (tertiary/aromatic N) is 1. The summed E-state index contributed by atoms with van der Waals surface area (Å²) < 4.78 is 0. The lowest BCUT2D eigenvalue weighted by molar-refractivity contribution is -0.121. The number of fused-ring (bicyclic) bond motifs is 1. The average Bonchev–Trinajstić information content (AvgIpc) is 2.33. The molecule has 2 amide bonds. The van der Waals surface area contributed by atoms with Gasteiger partial charge in [-0.1, -0.05) is 18.2 Å². The summed E-state index contributed by atoms with van der Waals surface area (Å²) in [6.07, 6.45) is 0.821. The molecule has 0 aliphatic carbocycles. The Labute approximate surface area is 101 Å². The van der Waals surface area contributed by atoms with Crippen molar-refractivity contribution in [3.8, 4) is 0 Å². The number of carbonyl (C=O) groups is 2. The summed E-state index contributed by atoms with van der Waals surface area (Å²) in [7, 11) is 0. The van der Waals surface area contributed by atoms with Crippen LogP contribution in [-0.2, 0) is 11.2 Å². The van der Waals surface area contributed by atoms with E-state index in [0.717, 1.165) is 17.5 Å². The number of benzene rings is 1. The van der Waals surface area contributed by atoms with Gasteiger partial charge >= 0.3 is 0 Å².